The number of rotatable bonds is 6. The zero-order valence-corrected chi connectivity index (χ0v) is 19.8. The molecule has 1 aromatic rings. The number of amides is 4. The normalized spacial score (nSPS) is 19.8. The van der Waals surface area contributed by atoms with E-state index in [4.69, 9.17) is 10.8 Å². The molecule has 0 saturated carbocycles. The lowest BCUT2D eigenvalue weighted by atomic mass is 9.85. The van der Waals surface area contributed by atoms with Crippen LogP contribution in [0.1, 0.15) is 34.1 Å². The van der Waals surface area contributed by atoms with Gasteiger partial charge in [0.15, 0.2) is 0 Å². The second-order valence-corrected chi connectivity index (χ2v) is 9.47. The van der Waals surface area contributed by atoms with Crippen LogP contribution in [-0.4, -0.2) is 76.5 Å². The van der Waals surface area contributed by atoms with Crippen LogP contribution in [0, 0.1) is 17.0 Å². The molecule has 0 aliphatic carbocycles. The minimum absolute atomic E-state index is 0.0102. The standard InChI is InChI=1S/C22H31F2N5O5/c1-11(28(5)21(33)34)18(30)27-17(22(2,3)4)20(32)29-10-12(25)9-15(29)19(31)26-16-13(23)7-6-8-14(16)24/h6-8,11-12,15,17H,9-10,25H2,1-5H3,(H,26,31)(H,27,30)(H,33,34)/t11-,12?,15-,17+/m0/s1. The van der Waals surface area contributed by atoms with E-state index in [0.29, 0.717) is 0 Å². The number of hydrogen-bond acceptors (Lipinski definition) is 5. The maximum absolute atomic E-state index is 14.0. The molecule has 5 N–H and O–H groups in total. The van der Waals surface area contributed by atoms with Crippen molar-refractivity contribution in [2.24, 2.45) is 11.1 Å². The van der Waals surface area contributed by atoms with Gasteiger partial charge in [0.25, 0.3) is 0 Å². The predicted molar refractivity (Wildman–Crippen MR) is 120 cm³/mol. The van der Waals surface area contributed by atoms with Crippen molar-refractivity contribution in [3.8, 4) is 0 Å². The van der Waals surface area contributed by atoms with Gasteiger partial charge in [-0.05, 0) is 30.9 Å². The van der Waals surface area contributed by atoms with Crippen LogP contribution in [0.15, 0.2) is 18.2 Å². The number of halogens is 2. The summed E-state index contributed by atoms with van der Waals surface area (Å²) < 4.78 is 28.0. The van der Waals surface area contributed by atoms with Gasteiger partial charge >= 0.3 is 6.09 Å². The van der Waals surface area contributed by atoms with Crippen molar-refractivity contribution in [3.05, 3.63) is 29.8 Å². The highest BCUT2D eigenvalue weighted by atomic mass is 19.1. The topological polar surface area (TPSA) is 145 Å². The second kappa shape index (κ2) is 10.3. The number of anilines is 1. The molecule has 1 fully saturated rings. The van der Waals surface area contributed by atoms with Crippen LogP contribution in [0.3, 0.4) is 0 Å². The third-order valence-corrected chi connectivity index (χ3v) is 5.79. The van der Waals surface area contributed by atoms with Gasteiger partial charge in [-0.1, -0.05) is 26.8 Å². The number of para-hydroxylation sites is 1. The highest BCUT2D eigenvalue weighted by Gasteiger charge is 2.44. The molecule has 1 unspecified atom stereocenters. The number of carboxylic acid groups (broad SMARTS) is 1. The van der Waals surface area contributed by atoms with Crippen LogP contribution >= 0.6 is 0 Å². The molecule has 0 radical (unpaired) electrons. The van der Waals surface area contributed by atoms with Gasteiger partial charge in [0.05, 0.1) is 0 Å². The van der Waals surface area contributed by atoms with Crippen molar-refractivity contribution in [2.45, 2.75) is 58.3 Å². The lowest BCUT2D eigenvalue weighted by molar-refractivity contribution is -0.143. The van der Waals surface area contributed by atoms with E-state index in [2.05, 4.69) is 10.6 Å². The summed E-state index contributed by atoms with van der Waals surface area (Å²) >= 11 is 0. The molecular weight excluding hydrogens is 452 g/mol. The van der Waals surface area contributed by atoms with Crippen molar-refractivity contribution in [3.63, 3.8) is 0 Å². The summed E-state index contributed by atoms with van der Waals surface area (Å²) in [6.45, 7) is 6.45. The van der Waals surface area contributed by atoms with Crippen molar-refractivity contribution in [2.75, 3.05) is 18.9 Å². The molecule has 1 aromatic carbocycles. The predicted octanol–water partition coefficient (Wildman–Crippen LogP) is 1.36. The van der Waals surface area contributed by atoms with Crippen LogP contribution in [0.4, 0.5) is 19.3 Å². The highest BCUT2D eigenvalue weighted by molar-refractivity contribution is 5.99. The molecule has 1 aliphatic heterocycles. The maximum atomic E-state index is 14.0. The molecular formula is C22H31F2N5O5. The molecule has 34 heavy (non-hydrogen) atoms. The minimum Gasteiger partial charge on any atom is -0.465 e. The molecule has 10 nitrogen and oxygen atoms in total. The quantitative estimate of drug-likeness (QED) is 0.481. The monoisotopic (exact) mass is 483 g/mol. The van der Waals surface area contributed by atoms with E-state index in [9.17, 15) is 28.0 Å². The summed E-state index contributed by atoms with van der Waals surface area (Å²) in [4.78, 5) is 52.2. The second-order valence-electron chi connectivity index (χ2n) is 9.47. The van der Waals surface area contributed by atoms with E-state index in [1.807, 2.05) is 0 Å². The molecule has 12 heteroatoms. The summed E-state index contributed by atoms with van der Waals surface area (Å²) in [6.07, 6.45) is -1.26. The maximum Gasteiger partial charge on any atom is 0.407 e. The van der Waals surface area contributed by atoms with E-state index in [1.165, 1.54) is 18.9 Å². The SMILES string of the molecule is C[C@@H](C(=O)N[C@H](C(=O)N1CC(N)C[C@H]1C(=O)Nc1c(F)cccc1F)C(C)(C)C)N(C)C(=O)O. The Balaban J connectivity index is 2.28. The Morgan fingerprint density at radius 1 is 1.21 bits per heavy atom. The number of carbonyl (C=O) groups excluding carboxylic acids is 3. The first-order chi connectivity index (χ1) is 15.6. The van der Waals surface area contributed by atoms with E-state index < -0.39 is 70.7 Å². The van der Waals surface area contributed by atoms with Gasteiger partial charge < -0.3 is 26.4 Å². The molecule has 1 saturated heterocycles. The summed E-state index contributed by atoms with van der Waals surface area (Å²) in [5.74, 6) is -4.07. The van der Waals surface area contributed by atoms with E-state index in [1.54, 1.807) is 20.8 Å². The summed E-state index contributed by atoms with van der Waals surface area (Å²) in [5, 5.41) is 13.9. The van der Waals surface area contributed by atoms with E-state index >= 15 is 0 Å². The largest absolute Gasteiger partial charge is 0.465 e. The Morgan fingerprint density at radius 2 is 1.76 bits per heavy atom. The number of nitrogens with one attached hydrogen (secondary N) is 2. The highest BCUT2D eigenvalue weighted by Crippen LogP contribution is 2.27. The van der Waals surface area contributed by atoms with Gasteiger partial charge in [0, 0.05) is 19.6 Å². The molecule has 4 amide bonds. The molecule has 0 bridgehead atoms. The van der Waals surface area contributed by atoms with Crippen molar-refractivity contribution in [1.82, 2.24) is 15.1 Å². The summed E-state index contributed by atoms with van der Waals surface area (Å²) in [7, 11) is 1.22. The fourth-order valence-corrected chi connectivity index (χ4v) is 3.60. The summed E-state index contributed by atoms with van der Waals surface area (Å²) in [5.41, 5.74) is 4.54. The van der Waals surface area contributed by atoms with Gasteiger partial charge in [0.2, 0.25) is 17.7 Å². The molecule has 2 rings (SSSR count). The average molecular weight is 484 g/mol. The van der Waals surface area contributed by atoms with Crippen LogP contribution in [0.25, 0.3) is 0 Å². The number of benzene rings is 1. The molecule has 0 spiro atoms. The number of nitrogens with zero attached hydrogens (tertiary/aromatic N) is 2. The van der Waals surface area contributed by atoms with Crippen molar-refractivity contribution < 1.29 is 33.1 Å². The number of likely N-dealkylation sites (N-methyl/N-ethyl adjacent to an activating group) is 1. The first-order valence-electron chi connectivity index (χ1n) is 10.7. The van der Waals surface area contributed by atoms with Crippen LogP contribution in [-0.2, 0) is 14.4 Å². The Bertz CT molecular complexity index is 947. The lowest BCUT2D eigenvalue weighted by Crippen LogP contribution is -2.59. The first-order valence-corrected chi connectivity index (χ1v) is 10.7. The fraction of sp³-hybridized carbons (Fsp3) is 0.545. The Hall–Kier alpha value is -3.28. The van der Waals surface area contributed by atoms with Crippen LogP contribution in [0.2, 0.25) is 0 Å². The van der Waals surface area contributed by atoms with Crippen LogP contribution < -0.4 is 16.4 Å². The smallest absolute Gasteiger partial charge is 0.407 e. The summed E-state index contributed by atoms with van der Waals surface area (Å²) in [6, 6.07) is -0.776. The zero-order valence-electron chi connectivity index (χ0n) is 19.8. The number of hydrogen-bond donors (Lipinski definition) is 4. The Morgan fingerprint density at radius 3 is 2.26 bits per heavy atom. The molecule has 4 atom stereocenters. The number of carbonyl (C=O) groups is 4. The fourth-order valence-electron chi connectivity index (χ4n) is 3.60. The third kappa shape index (κ3) is 5.99. The number of likely N-dealkylation sites (tertiary alicyclic amines) is 1. The molecule has 1 aliphatic rings. The molecule has 188 valence electrons. The van der Waals surface area contributed by atoms with Gasteiger partial charge in [-0.25, -0.2) is 13.6 Å². The van der Waals surface area contributed by atoms with Crippen molar-refractivity contribution in [1.29, 1.82) is 0 Å². The number of nitrogens with two attached hydrogens (primary N) is 1. The van der Waals surface area contributed by atoms with Gasteiger partial charge in [-0.15, -0.1) is 0 Å². The molecule has 1 heterocycles. The lowest BCUT2D eigenvalue weighted by Gasteiger charge is -2.36. The first kappa shape index (κ1) is 27.0. The minimum atomic E-state index is -1.32. The zero-order chi connectivity index (χ0) is 26.0. The third-order valence-electron chi connectivity index (χ3n) is 5.79. The molecule has 0 aromatic heterocycles. The Kier molecular flexibility index (Phi) is 8.19. The Labute approximate surface area is 196 Å². The van der Waals surface area contributed by atoms with E-state index in [0.717, 1.165) is 23.1 Å². The van der Waals surface area contributed by atoms with Gasteiger partial charge in [0.1, 0.15) is 35.4 Å². The van der Waals surface area contributed by atoms with E-state index in [-0.39, 0.29) is 13.0 Å². The van der Waals surface area contributed by atoms with Crippen molar-refractivity contribution >= 4 is 29.5 Å². The van der Waals surface area contributed by atoms with Gasteiger partial charge in [-0.2, -0.15) is 0 Å². The van der Waals surface area contributed by atoms with Gasteiger partial charge in [-0.3, -0.25) is 19.3 Å². The average Bonchev–Trinajstić information content (AvgIpc) is 3.13. The van der Waals surface area contributed by atoms with Crippen LogP contribution in [0.5, 0.6) is 0 Å².